The summed E-state index contributed by atoms with van der Waals surface area (Å²) in [5.74, 6) is -0.354. The normalized spacial score (nSPS) is 15.3. The summed E-state index contributed by atoms with van der Waals surface area (Å²) >= 11 is 1.29. The van der Waals surface area contributed by atoms with E-state index in [1.807, 2.05) is 32.9 Å². The van der Waals surface area contributed by atoms with E-state index < -0.39 is 0 Å². The Bertz CT molecular complexity index is 1220. The van der Waals surface area contributed by atoms with Crippen LogP contribution in [0.2, 0.25) is 0 Å². The summed E-state index contributed by atoms with van der Waals surface area (Å²) in [5, 5.41) is 15.1. The molecule has 8 nitrogen and oxygen atoms in total. The molecule has 0 radical (unpaired) electrons. The first-order valence-electron chi connectivity index (χ1n) is 11.8. The first-order chi connectivity index (χ1) is 16.8. The van der Waals surface area contributed by atoms with E-state index in [0.717, 1.165) is 34.7 Å². The van der Waals surface area contributed by atoms with E-state index in [9.17, 15) is 14.4 Å². The predicted octanol–water partition coefficient (Wildman–Crippen LogP) is 5.06. The third-order valence-electron chi connectivity index (χ3n) is 5.84. The molecular formula is C26H29N5O3S. The van der Waals surface area contributed by atoms with Crippen LogP contribution in [0.3, 0.4) is 0 Å². The lowest BCUT2D eigenvalue weighted by atomic mass is 10.1. The molecule has 1 aromatic heterocycles. The highest BCUT2D eigenvalue weighted by Crippen LogP contribution is 2.35. The van der Waals surface area contributed by atoms with Crippen molar-refractivity contribution in [3.8, 4) is 0 Å². The summed E-state index contributed by atoms with van der Waals surface area (Å²) in [6, 6.07) is 12.8. The third-order valence-corrected chi connectivity index (χ3v) is 6.84. The van der Waals surface area contributed by atoms with Crippen molar-refractivity contribution in [2.24, 2.45) is 0 Å². The van der Waals surface area contributed by atoms with Gasteiger partial charge in [0, 0.05) is 42.2 Å². The van der Waals surface area contributed by atoms with Gasteiger partial charge in [0.25, 0.3) is 5.91 Å². The number of anilines is 3. The van der Waals surface area contributed by atoms with E-state index in [2.05, 4.69) is 26.9 Å². The summed E-state index contributed by atoms with van der Waals surface area (Å²) in [6.45, 7) is 6.61. The Morgan fingerprint density at radius 1 is 1.06 bits per heavy atom. The number of hydrogen-bond donors (Lipinski definition) is 2. The number of unbranched alkanes of at least 4 members (excludes halogenated alkanes) is 1. The van der Waals surface area contributed by atoms with Crippen LogP contribution in [-0.2, 0) is 9.59 Å². The Hall–Kier alpha value is -3.59. The van der Waals surface area contributed by atoms with Gasteiger partial charge in [0.1, 0.15) is 5.01 Å². The Morgan fingerprint density at radius 2 is 1.77 bits per heavy atom. The lowest BCUT2D eigenvalue weighted by Gasteiger charge is -2.17. The molecule has 2 aromatic carbocycles. The SMILES string of the molecule is CCCCC(=O)Nc1ccc(C(=O)Nc2nnc([C@@H]3CC(=O)N(c4cc(C)cc(C)c4)C3)s2)cc1. The van der Waals surface area contributed by atoms with Crippen molar-refractivity contribution in [1.29, 1.82) is 0 Å². The van der Waals surface area contributed by atoms with Crippen LogP contribution < -0.4 is 15.5 Å². The minimum Gasteiger partial charge on any atom is -0.326 e. The molecule has 0 spiro atoms. The van der Waals surface area contributed by atoms with Gasteiger partial charge in [-0.25, -0.2) is 0 Å². The average Bonchev–Trinajstić information content (AvgIpc) is 3.44. The van der Waals surface area contributed by atoms with Crippen molar-refractivity contribution in [2.75, 3.05) is 22.1 Å². The number of hydrogen-bond acceptors (Lipinski definition) is 6. The second-order valence-electron chi connectivity index (χ2n) is 8.88. The van der Waals surface area contributed by atoms with Crippen LogP contribution in [0.15, 0.2) is 42.5 Å². The van der Waals surface area contributed by atoms with Crippen LogP contribution in [-0.4, -0.2) is 34.5 Å². The van der Waals surface area contributed by atoms with Gasteiger partial charge >= 0.3 is 0 Å². The van der Waals surface area contributed by atoms with Gasteiger partial charge in [-0.15, -0.1) is 10.2 Å². The summed E-state index contributed by atoms with van der Waals surface area (Å²) < 4.78 is 0. The molecule has 0 saturated carbocycles. The molecule has 9 heteroatoms. The monoisotopic (exact) mass is 491 g/mol. The molecule has 3 aromatic rings. The second kappa shape index (κ2) is 10.8. The van der Waals surface area contributed by atoms with Crippen molar-refractivity contribution in [3.63, 3.8) is 0 Å². The zero-order chi connectivity index (χ0) is 24.9. The van der Waals surface area contributed by atoms with Gasteiger partial charge < -0.3 is 10.2 Å². The molecule has 0 unspecified atom stereocenters. The summed E-state index contributed by atoms with van der Waals surface area (Å²) in [6.07, 6.45) is 2.64. The Kier molecular flexibility index (Phi) is 7.55. The van der Waals surface area contributed by atoms with E-state index in [0.29, 0.717) is 35.8 Å². The van der Waals surface area contributed by atoms with Crippen LogP contribution in [0.5, 0.6) is 0 Å². The minimum atomic E-state index is -0.309. The molecule has 0 bridgehead atoms. The van der Waals surface area contributed by atoms with Crippen LogP contribution in [0.25, 0.3) is 0 Å². The number of nitrogens with one attached hydrogen (secondary N) is 2. The second-order valence-corrected chi connectivity index (χ2v) is 9.89. The standard InChI is InChI=1S/C26H29N5O3S/c1-4-5-6-22(32)27-20-9-7-18(8-10-20)24(34)28-26-30-29-25(35-26)19-14-23(33)31(15-19)21-12-16(2)11-17(3)13-21/h7-13,19H,4-6,14-15H2,1-3H3,(H,27,32)(H,28,30,34)/t19-/m1/s1. The molecule has 1 aliphatic heterocycles. The average molecular weight is 492 g/mol. The number of nitrogens with zero attached hydrogens (tertiary/aromatic N) is 3. The Labute approximate surface area is 208 Å². The molecule has 182 valence electrons. The molecule has 1 saturated heterocycles. The fraction of sp³-hybridized carbons (Fsp3) is 0.346. The number of benzene rings is 2. The maximum absolute atomic E-state index is 12.7. The van der Waals surface area contributed by atoms with Crippen molar-refractivity contribution in [1.82, 2.24) is 10.2 Å². The van der Waals surface area contributed by atoms with Gasteiger partial charge in [0.05, 0.1) is 0 Å². The number of carbonyl (C=O) groups is 3. The highest BCUT2D eigenvalue weighted by molar-refractivity contribution is 7.15. The lowest BCUT2D eigenvalue weighted by molar-refractivity contribution is -0.117. The highest BCUT2D eigenvalue weighted by Gasteiger charge is 2.34. The van der Waals surface area contributed by atoms with Gasteiger partial charge in [-0.3, -0.25) is 19.7 Å². The number of aryl methyl sites for hydroxylation is 2. The number of amides is 3. The molecule has 2 N–H and O–H groups in total. The Balaban J connectivity index is 1.36. The molecule has 1 fully saturated rings. The van der Waals surface area contributed by atoms with Crippen LogP contribution >= 0.6 is 11.3 Å². The van der Waals surface area contributed by atoms with Crippen molar-refractivity contribution in [2.45, 2.75) is 52.4 Å². The topological polar surface area (TPSA) is 104 Å². The summed E-state index contributed by atoms with van der Waals surface area (Å²) in [4.78, 5) is 39.0. The molecule has 1 aliphatic rings. The van der Waals surface area contributed by atoms with E-state index >= 15 is 0 Å². The van der Waals surface area contributed by atoms with Gasteiger partial charge in [0.2, 0.25) is 16.9 Å². The van der Waals surface area contributed by atoms with Gasteiger partial charge in [0.15, 0.2) is 0 Å². The summed E-state index contributed by atoms with van der Waals surface area (Å²) in [5.41, 5.74) is 4.23. The van der Waals surface area contributed by atoms with Crippen LogP contribution in [0.1, 0.15) is 65.0 Å². The maximum atomic E-state index is 12.7. The fourth-order valence-corrected chi connectivity index (χ4v) is 4.94. The number of carbonyl (C=O) groups excluding carboxylic acids is 3. The van der Waals surface area contributed by atoms with Crippen molar-refractivity contribution >= 4 is 45.6 Å². The highest BCUT2D eigenvalue weighted by atomic mass is 32.1. The quantitative estimate of drug-likeness (QED) is 0.459. The number of rotatable bonds is 8. The first kappa shape index (κ1) is 24.5. The molecule has 35 heavy (non-hydrogen) atoms. The minimum absolute atomic E-state index is 0.0352. The first-order valence-corrected chi connectivity index (χ1v) is 12.6. The van der Waals surface area contributed by atoms with E-state index in [1.54, 1.807) is 29.2 Å². The largest absolute Gasteiger partial charge is 0.326 e. The molecule has 0 aliphatic carbocycles. The van der Waals surface area contributed by atoms with Crippen LogP contribution in [0, 0.1) is 13.8 Å². The lowest BCUT2D eigenvalue weighted by Crippen LogP contribution is -2.24. The van der Waals surface area contributed by atoms with Crippen LogP contribution in [0.4, 0.5) is 16.5 Å². The van der Waals surface area contributed by atoms with Gasteiger partial charge in [-0.2, -0.15) is 0 Å². The molecular weight excluding hydrogens is 462 g/mol. The molecule has 1 atom stereocenters. The Morgan fingerprint density at radius 3 is 2.46 bits per heavy atom. The molecule has 4 rings (SSSR count). The van der Waals surface area contributed by atoms with E-state index in [1.165, 1.54) is 11.3 Å². The fourth-order valence-electron chi connectivity index (χ4n) is 4.11. The van der Waals surface area contributed by atoms with Gasteiger partial charge in [-0.05, 0) is 67.8 Å². The van der Waals surface area contributed by atoms with Crippen molar-refractivity contribution in [3.05, 3.63) is 64.2 Å². The predicted molar refractivity (Wildman–Crippen MR) is 138 cm³/mol. The zero-order valence-corrected chi connectivity index (χ0v) is 20.9. The van der Waals surface area contributed by atoms with E-state index in [4.69, 9.17) is 0 Å². The smallest absolute Gasteiger partial charge is 0.257 e. The summed E-state index contributed by atoms with van der Waals surface area (Å²) in [7, 11) is 0. The number of aromatic nitrogens is 2. The third kappa shape index (κ3) is 6.10. The molecule has 3 amide bonds. The van der Waals surface area contributed by atoms with Gasteiger partial charge in [-0.1, -0.05) is 30.7 Å². The van der Waals surface area contributed by atoms with E-state index in [-0.39, 0.29) is 23.6 Å². The zero-order valence-electron chi connectivity index (χ0n) is 20.1. The maximum Gasteiger partial charge on any atom is 0.257 e. The van der Waals surface area contributed by atoms with Crippen molar-refractivity contribution < 1.29 is 14.4 Å². The molecule has 2 heterocycles.